The average Bonchev–Trinajstić information content (AvgIpc) is 2.53. The monoisotopic (exact) mass is 213 g/mol. The molecule has 2 unspecified atom stereocenters. The molecule has 0 saturated carbocycles. The molecular formula is C12H23NS. The predicted octanol–water partition coefficient (Wildman–Crippen LogP) is 3.22. The fourth-order valence-corrected chi connectivity index (χ4v) is 3.70. The number of allylic oxidation sites excluding steroid dienone is 1. The van der Waals surface area contributed by atoms with Crippen LogP contribution >= 0.6 is 11.8 Å². The minimum atomic E-state index is 0.463. The van der Waals surface area contributed by atoms with Crippen LogP contribution in [0, 0.1) is 0 Å². The maximum Gasteiger partial charge on any atom is 0.0285 e. The molecule has 1 heterocycles. The largest absolute Gasteiger partial charge is 0.316 e. The van der Waals surface area contributed by atoms with Gasteiger partial charge in [-0.15, -0.1) is 6.58 Å². The van der Waals surface area contributed by atoms with Gasteiger partial charge in [-0.3, -0.25) is 0 Å². The molecule has 1 N–H and O–H groups in total. The molecule has 1 fully saturated rings. The summed E-state index contributed by atoms with van der Waals surface area (Å²) in [4.78, 5) is 0. The highest BCUT2D eigenvalue weighted by Gasteiger charge is 2.36. The van der Waals surface area contributed by atoms with Crippen LogP contribution in [0.4, 0.5) is 0 Å². The zero-order valence-corrected chi connectivity index (χ0v) is 10.5. The van der Waals surface area contributed by atoms with Crippen LogP contribution in [0.5, 0.6) is 0 Å². The van der Waals surface area contributed by atoms with E-state index in [0.717, 1.165) is 6.42 Å². The Morgan fingerprint density at radius 2 is 2.36 bits per heavy atom. The van der Waals surface area contributed by atoms with Crippen LogP contribution in [0.3, 0.4) is 0 Å². The van der Waals surface area contributed by atoms with Gasteiger partial charge in [0.25, 0.3) is 0 Å². The maximum atomic E-state index is 3.98. The highest BCUT2D eigenvalue weighted by atomic mass is 32.2. The Morgan fingerprint density at radius 3 is 2.79 bits per heavy atom. The van der Waals surface area contributed by atoms with E-state index in [1.807, 2.05) is 0 Å². The lowest BCUT2D eigenvalue weighted by Gasteiger charge is -2.33. The van der Waals surface area contributed by atoms with Gasteiger partial charge < -0.3 is 5.32 Å². The third-order valence-corrected chi connectivity index (χ3v) is 4.84. The number of nitrogens with one attached hydrogen (secondary N) is 1. The quantitative estimate of drug-likeness (QED) is 0.704. The SMILES string of the molecule is C=C(C)CCC(NC)C1(C)CCCS1. The lowest BCUT2D eigenvalue weighted by molar-refractivity contribution is 0.404. The summed E-state index contributed by atoms with van der Waals surface area (Å²) in [5.74, 6) is 1.34. The van der Waals surface area contributed by atoms with E-state index in [0.29, 0.717) is 10.8 Å². The van der Waals surface area contributed by atoms with Gasteiger partial charge in [0.05, 0.1) is 0 Å². The number of hydrogen-bond donors (Lipinski definition) is 1. The molecule has 0 amide bonds. The van der Waals surface area contributed by atoms with Crippen LogP contribution in [0.15, 0.2) is 12.2 Å². The standard InChI is InChI=1S/C12H23NS/c1-10(2)6-7-11(13-4)12(3)8-5-9-14-12/h11,13H,1,5-9H2,2-4H3. The lowest BCUT2D eigenvalue weighted by Crippen LogP contribution is -2.43. The smallest absolute Gasteiger partial charge is 0.0285 e. The Kier molecular flexibility index (Phi) is 4.52. The second kappa shape index (κ2) is 5.22. The summed E-state index contributed by atoms with van der Waals surface area (Å²) in [7, 11) is 2.09. The van der Waals surface area contributed by atoms with E-state index in [1.165, 1.54) is 30.6 Å². The van der Waals surface area contributed by atoms with Gasteiger partial charge in [-0.2, -0.15) is 11.8 Å². The molecule has 1 rings (SSSR count). The first-order valence-electron chi connectivity index (χ1n) is 5.54. The van der Waals surface area contributed by atoms with Crippen molar-refractivity contribution in [2.75, 3.05) is 12.8 Å². The van der Waals surface area contributed by atoms with E-state index in [-0.39, 0.29) is 0 Å². The summed E-state index contributed by atoms with van der Waals surface area (Å²) >= 11 is 2.14. The third-order valence-electron chi connectivity index (χ3n) is 3.19. The molecule has 0 aromatic rings. The van der Waals surface area contributed by atoms with Crippen molar-refractivity contribution >= 4 is 11.8 Å². The van der Waals surface area contributed by atoms with E-state index in [9.17, 15) is 0 Å². The molecule has 0 aromatic carbocycles. The van der Waals surface area contributed by atoms with Crippen molar-refractivity contribution in [1.29, 1.82) is 0 Å². The molecule has 0 bridgehead atoms. The molecule has 1 saturated heterocycles. The van der Waals surface area contributed by atoms with Crippen molar-refractivity contribution in [3.8, 4) is 0 Å². The summed E-state index contributed by atoms with van der Waals surface area (Å²) in [5.41, 5.74) is 1.30. The molecule has 82 valence electrons. The van der Waals surface area contributed by atoms with Gasteiger partial charge in [0.2, 0.25) is 0 Å². The van der Waals surface area contributed by atoms with Gasteiger partial charge in [0.15, 0.2) is 0 Å². The summed E-state index contributed by atoms with van der Waals surface area (Å²) < 4.78 is 0.463. The molecular weight excluding hydrogens is 190 g/mol. The highest BCUT2D eigenvalue weighted by molar-refractivity contribution is 8.00. The van der Waals surface area contributed by atoms with Gasteiger partial charge in [-0.25, -0.2) is 0 Å². The molecule has 1 nitrogen and oxygen atoms in total. The summed E-state index contributed by atoms with van der Waals surface area (Å²) in [6.45, 7) is 8.51. The summed E-state index contributed by atoms with van der Waals surface area (Å²) in [6.07, 6.45) is 5.13. The molecule has 2 heteroatoms. The van der Waals surface area contributed by atoms with E-state index in [1.54, 1.807) is 0 Å². The zero-order chi connectivity index (χ0) is 10.6. The molecule has 2 atom stereocenters. The topological polar surface area (TPSA) is 12.0 Å². The van der Waals surface area contributed by atoms with Crippen LogP contribution < -0.4 is 5.32 Å². The van der Waals surface area contributed by atoms with Gasteiger partial charge in [-0.1, -0.05) is 5.57 Å². The minimum Gasteiger partial charge on any atom is -0.316 e. The molecule has 0 aliphatic carbocycles. The Bertz CT molecular complexity index is 194. The first-order valence-corrected chi connectivity index (χ1v) is 6.52. The van der Waals surface area contributed by atoms with Crippen molar-refractivity contribution in [2.45, 2.75) is 50.3 Å². The van der Waals surface area contributed by atoms with Crippen molar-refractivity contribution < 1.29 is 0 Å². The van der Waals surface area contributed by atoms with Crippen molar-refractivity contribution in [3.05, 3.63) is 12.2 Å². The molecule has 1 aliphatic heterocycles. The Balaban J connectivity index is 2.47. The van der Waals surface area contributed by atoms with E-state index < -0.39 is 0 Å². The van der Waals surface area contributed by atoms with Crippen LogP contribution in [-0.2, 0) is 0 Å². The van der Waals surface area contributed by atoms with Crippen LogP contribution in [0.2, 0.25) is 0 Å². The molecule has 0 aromatic heterocycles. The second-order valence-corrected chi connectivity index (χ2v) is 6.23. The highest BCUT2D eigenvalue weighted by Crippen LogP contribution is 2.41. The maximum absolute atomic E-state index is 3.98. The lowest BCUT2D eigenvalue weighted by atomic mass is 9.91. The summed E-state index contributed by atoms with van der Waals surface area (Å²) in [5, 5.41) is 3.48. The Morgan fingerprint density at radius 1 is 1.64 bits per heavy atom. The molecule has 0 radical (unpaired) electrons. The Hall–Kier alpha value is 0.0500. The van der Waals surface area contributed by atoms with Crippen LogP contribution in [0.1, 0.15) is 39.5 Å². The fourth-order valence-electron chi connectivity index (χ4n) is 2.22. The number of hydrogen-bond acceptors (Lipinski definition) is 2. The first-order chi connectivity index (χ1) is 6.58. The van der Waals surface area contributed by atoms with Gasteiger partial charge in [0, 0.05) is 10.8 Å². The van der Waals surface area contributed by atoms with E-state index in [4.69, 9.17) is 0 Å². The van der Waals surface area contributed by atoms with Gasteiger partial charge in [-0.05, 0) is 52.3 Å². The molecule has 0 spiro atoms. The minimum absolute atomic E-state index is 0.463. The normalized spacial score (nSPS) is 29.1. The van der Waals surface area contributed by atoms with Gasteiger partial charge >= 0.3 is 0 Å². The first kappa shape index (κ1) is 12.1. The third kappa shape index (κ3) is 3.03. The molecule has 14 heavy (non-hydrogen) atoms. The van der Waals surface area contributed by atoms with Crippen LogP contribution in [0.25, 0.3) is 0 Å². The summed E-state index contributed by atoms with van der Waals surface area (Å²) in [6, 6.07) is 0.645. The average molecular weight is 213 g/mol. The number of rotatable bonds is 5. The van der Waals surface area contributed by atoms with E-state index >= 15 is 0 Å². The second-order valence-electron chi connectivity index (χ2n) is 4.60. The van der Waals surface area contributed by atoms with Crippen LogP contribution in [-0.4, -0.2) is 23.6 Å². The van der Waals surface area contributed by atoms with Crippen molar-refractivity contribution in [3.63, 3.8) is 0 Å². The molecule has 1 aliphatic rings. The Labute approximate surface area is 92.7 Å². The zero-order valence-electron chi connectivity index (χ0n) is 9.73. The van der Waals surface area contributed by atoms with Crippen molar-refractivity contribution in [2.24, 2.45) is 0 Å². The van der Waals surface area contributed by atoms with E-state index in [2.05, 4.69) is 44.6 Å². The van der Waals surface area contributed by atoms with Gasteiger partial charge in [0.1, 0.15) is 0 Å². The predicted molar refractivity (Wildman–Crippen MR) is 67.0 cm³/mol. The number of thioether (sulfide) groups is 1. The fraction of sp³-hybridized carbons (Fsp3) is 0.833. The van der Waals surface area contributed by atoms with Crippen molar-refractivity contribution in [1.82, 2.24) is 5.32 Å².